The molecule has 1 aromatic rings. The zero-order valence-corrected chi connectivity index (χ0v) is 14.8. The molecule has 1 rings (SSSR count). The summed E-state index contributed by atoms with van der Waals surface area (Å²) in [5.74, 6) is -0.972. The van der Waals surface area contributed by atoms with Crippen molar-refractivity contribution in [1.29, 1.82) is 0 Å². The van der Waals surface area contributed by atoms with Crippen LogP contribution in [-0.2, 0) is 10.8 Å². The van der Waals surface area contributed by atoms with Crippen LogP contribution in [0.4, 0.5) is 8.78 Å². The Morgan fingerprint density at radius 2 is 1.60 bits per heavy atom. The van der Waals surface area contributed by atoms with Crippen molar-refractivity contribution >= 4 is 10.5 Å². The number of hydrogen-bond donors (Lipinski definition) is 0. The lowest BCUT2D eigenvalue weighted by Gasteiger charge is -2.31. The van der Waals surface area contributed by atoms with E-state index in [1.165, 1.54) is 12.1 Å². The predicted octanol–water partition coefficient (Wildman–Crippen LogP) is 3.92. The quantitative estimate of drug-likeness (QED) is 0.496. The Balaban J connectivity index is 2.31. The van der Waals surface area contributed by atoms with Crippen molar-refractivity contribution in [3.05, 3.63) is 35.4 Å². The number of benzene rings is 1. The van der Waals surface area contributed by atoms with E-state index in [-0.39, 0.29) is 5.60 Å². The van der Waals surface area contributed by atoms with Gasteiger partial charge in [-0.2, -0.15) is 0 Å². The van der Waals surface area contributed by atoms with E-state index < -0.39 is 11.6 Å². The van der Waals surface area contributed by atoms with E-state index in [1.807, 2.05) is 0 Å². The number of rotatable bonds is 9. The van der Waals surface area contributed by atoms with Gasteiger partial charge in [-0.3, -0.25) is 0 Å². The zero-order valence-electron chi connectivity index (χ0n) is 12.8. The van der Waals surface area contributed by atoms with E-state index in [1.54, 1.807) is 0 Å². The molecule has 0 amide bonds. The molecule has 0 saturated carbocycles. The van der Waals surface area contributed by atoms with Crippen LogP contribution in [0.25, 0.3) is 0 Å². The highest BCUT2D eigenvalue weighted by atomic mass is 28.2. The van der Waals surface area contributed by atoms with Crippen molar-refractivity contribution in [2.45, 2.75) is 64.4 Å². The second-order valence-corrected chi connectivity index (χ2v) is 5.84. The van der Waals surface area contributed by atoms with E-state index in [2.05, 4.69) is 13.8 Å². The maximum Gasteiger partial charge on any atom is 0.146 e. The molecule has 0 aromatic heterocycles. The van der Waals surface area contributed by atoms with E-state index in [0.717, 1.165) is 67.1 Å². The molecule has 114 valence electrons. The Hall–Kier alpha value is -0.743. The molecular formula is C16H26F2OSi. The van der Waals surface area contributed by atoms with Crippen LogP contribution in [0.2, 0.25) is 0 Å². The predicted molar refractivity (Wildman–Crippen MR) is 82.9 cm³/mol. The van der Waals surface area contributed by atoms with Crippen molar-refractivity contribution in [2.24, 2.45) is 0 Å². The monoisotopic (exact) mass is 300 g/mol. The third-order valence-electron chi connectivity index (χ3n) is 4.24. The smallest absolute Gasteiger partial charge is 0.146 e. The number of hydrogen-bond acceptors (Lipinski definition) is 1. The molecule has 0 radical (unpaired) electrons. The highest BCUT2D eigenvalue weighted by Crippen LogP contribution is 2.26. The van der Waals surface area contributed by atoms with Crippen molar-refractivity contribution in [1.82, 2.24) is 0 Å². The molecule has 4 heteroatoms. The van der Waals surface area contributed by atoms with Gasteiger partial charge >= 0.3 is 0 Å². The Kier molecular flexibility index (Phi) is 7.38. The van der Waals surface area contributed by atoms with Gasteiger partial charge in [0.15, 0.2) is 0 Å². The maximum atomic E-state index is 13.0. The van der Waals surface area contributed by atoms with Crippen molar-refractivity contribution < 1.29 is 13.2 Å². The van der Waals surface area contributed by atoms with Crippen LogP contribution in [0.3, 0.4) is 0 Å². The SMILES string of the molecule is CCC(CC)(CCCCCc1cc(F)cc(F)c1)O[SiH3]. The fourth-order valence-electron chi connectivity index (χ4n) is 2.70. The van der Waals surface area contributed by atoms with Crippen molar-refractivity contribution in [3.8, 4) is 0 Å². The molecule has 0 unspecified atom stereocenters. The molecule has 0 aliphatic rings. The van der Waals surface area contributed by atoms with Crippen LogP contribution >= 0.6 is 0 Å². The number of aryl methyl sites for hydroxylation is 1. The fourth-order valence-corrected chi connectivity index (χ4v) is 3.48. The molecular weight excluding hydrogens is 274 g/mol. The van der Waals surface area contributed by atoms with E-state index in [9.17, 15) is 8.78 Å². The average Bonchev–Trinajstić information content (AvgIpc) is 2.42. The summed E-state index contributed by atoms with van der Waals surface area (Å²) < 4.78 is 31.9. The van der Waals surface area contributed by atoms with Crippen LogP contribution in [0.5, 0.6) is 0 Å². The van der Waals surface area contributed by atoms with Gasteiger partial charge in [0.05, 0.1) is 5.60 Å². The molecule has 0 aliphatic carbocycles. The summed E-state index contributed by atoms with van der Waals surface area (Å²) in [6.45, 7) is 4.36. The Morgan fingerprint density at radius 3 is 2.10 bits per heavy atom. The summed E-state index contributed by atoms with van der Waals surface area (Å²) in [5.41, 5.74) is 0.816. The second kappa shape index (κ2) is 8.52. The first-order valence-electron chi connectivity index (χ1n) is 7.55. The summed E-state index contributed by atoms with van der Waals surface area (Å²) in [5, 5.41) is 0. The minimum atomic E-state index is -0.486. The topological polar surface area (TPSA) is 9.23 Å². The summed E-state index contributed by atoms with van der Waals surface area (Å²) >= 11 is 0. The van der Waals surface area contributed by atoms with E-state index >= 15 is 0 Å². The van der Waals surface area contributed by atoms with Gasteiger partial charge in [0.25, 0.3) is 0 Å². The van der Waals surface area contributed by atoms with Gasteiger partial charge in [-0.15, -0.1) is 0 Å². The summed E-state index contributed by atoms with van der Waals surface area (Å²) in [7, 11) is 0.779. The minimum absolute atomic E-state index is 0.0667. The van der Waals surface area contributed by atoms with Crippen LogP contribution < -0.4 is 0 Å². The van der Waals surface area contributed by atoms with Crippen molar-refractivity contribution in [2.75, 3.05) is 0 Å². The molecule has 0 spiro atoms. The maximum absolute atomic E-state index is 13.0. The second-order valence-electron chi connectivity index (χ2n) is 5.43. The first-order valence-corrected chi connectivity index (χ1v) is 8.37. The molecule has 0 heterocycles. The number of unbranched alkanes of at least 4 members (excludes halogenated alkanes) is 2. The number of halogens is 2. The van der Waals surface area contributed by atoms with Crippen molar-refractivity contribution in [3.63, 3.8) is 0 Å². The molecule has 0 atom stereocenters. The van der Waals surface area contributed by atoms with E-state index in [4.69, 9.17) is 4.43 Å². The Bertz CT molecular complexity index is 377. The van der Waals surface area contributed by atoms with E-state index in [0.29, 0.717) is 0 Å². The summed E-state index contributed by atoms with van der Waals surface area (Å²) in [4.78, 5) is 0. The van der Waals surface area contributed by atoms with Gasteiger partial charge in [0.2, 0.25) is 0 Å². The molecule has 1 aromatic carbocycles. The standard InChI is InChI=1S/C16H26F2OSi/c1-3-16(4-2,19-20)9-7-5-6-8-13-10-14(17)12-15(18)11-13/h10-12H,3-9H2,1-2,20H3. The van der Waals surface area contributed by atoms with Gasteiger partial charge in [-0.1, -0.05) is 26.7 Å². The highest BCUT2D eigenvalue weighted by molar-refractivity contribution is 5.98. The summed E-state index contributed by atoms with van der Waals surface area (Å²) in [6.07, 6.45) is 7.09. The Labute approximate surface area is 124 Å². The minimum Gasteiger partial charge on any atom is -0.422 e. The normalized spacial score (nSPS) is 12.0. The first-order chi connectivity index (χ1) is 9.55. The molecule has 0 fully saturated rings. The van der Waals surface area contributed by atoms with Crippen LogP contribution in [-0.4, -0.2) is 16.1 Å². The lowest BCUT2D eigenvalue weighted by molar-refractivity contribution is 0.0584. The third kappa shape index (κ3) is 5.33. The molecule has 1 nitrogen and oxygen atoms in total. The fraction of sp³-hybridized carbons (Fsp3) is 0.625. The molecule has 20 heavy (non-hydrogen) atoms. The van der Waals surface area contributed by atoms with Crippen LogP contribution in [0.1, 0.15) is 57.9 Å². The van der Waals surface area contributed by atoms with Gasteiger partial charge in [-0.25, -0.2) is 8.78 Å². The molecule has 0 saturated heterocycles. The first kappa shape index (κ1) is 17.3. The zero-order chi connectivity index (χ0) is 15.0. The third-order valence-corrected chi connectivity index (χ3v) is 5.11. The largest absolute Gasteiger partial charge is 0.422 e. The van der Waals surface area contributed by atoms with Gasteiger partial charge in [-0.05, 0) is 49.8 Å². The lowest BCUT2D eigenvalue weighted by atomic mass is 9.90. The molecule has 0 bridgehead atoms. The molecule has 0 N–H and O–H groups in total. The van der Waals surface area contributed by atoms with Crippen LogP contribution in [0, 0.1) is 11.6 Å². The lowest BCUT2D eigenvalue weighted by Crippen LogP contribution is -2.30. The van der Waals surface area contributed by atoms with Crippen LogP contribution in [0.15, 0.2) is 18.2 Å². The van der Waals surface area contributed by atoms with Gasteiger partial charge in [0.1, 0.15) is 22.1 Å². The summed E-state index contributed by atoms with van der Waals surface area (Å²) in [6, 6.07) is 3.77. The van der Waals surface area contributed by atoms with Gasteiger partial charge < -0.3 is 4.43 Å². The Morgan fingerprint density at radius 1 is 1.00 bits per heavy atom. The van der Waals surface area contributed by atoms with Gasteiger partial charge in [0, 0.05) is 6.07 Å². The molecule has 0 aliphatic heterocycles. The average molecular weight is 300 g/mol. The highest BCUT2D eigenvalue weighted by Gasteiger charge is 2.23.